The maximum Gasteiger partial charge on any atom is 0.126 e. The molecule has 0 radical (unpaired) electrons. The molecule has 1 fully saturated rings. The number of ether oxygens (including phenoxy) is 1. The summed E-state index contributed by atoms with van der Waals surface area (Å²) >= 11 is 0. The van der Waals surface area contributed by atoms with Crippen LogP contribution in [0.4, 0.5) is 0 Å². The largest absolute Gasteiger partial charge is 0.376 e. The summed E-state index contributed by atoms with van der Waals surface area (Å²) < 4.78 is 7.94. The van der Waals surface area contributed by atoms with Crippen LogP contribution in [0.1, 0.15) is 31.6 Å². The van der Waals surface area contributed by atoms with E-state index in [1.54, 1.807) is 0 Å². The summed E-state index contributed by atoms with van der Waals surface area (Å²) in [4.78, 5) is 4.64. The second-order valence-electron chi connectivity index (χ2n) is 4.99. The van der Waals surface area contributed by atoms with Gasteiger partial charge in [-0.25, -0.2) is 4.98 Å². The molecule has 0 aliphatic carbocycles. The number of hydrogen-bond acceptors (Lipinski definition) is 3. The molecule has 2 heterocycles. The van der Waals surface area contributed by atoms with Crippen LogP contribution in [0.15, 0.2) is 24.3 Å². The molecule has 4 heteroatoms. The average molecular weight is 245 g/mol. The normalized spacial score (nSPS) is 21.6. The standard InChI is InChI=1S/C14H19N3O/c1-10(15)14-16-12-6-2-3-7-13(12)17(14)9-11-5-4-8-18-11/h2-3,6-7,10-11H,4-5,8-9,15H2,1H3. The van der Waals surface area contributed by atoms with Gasteiger partial charge in [-0.2, -0.15) is 0 Å². The lowest BCUT2D eigenvalue weighted by atomic mass is 10.2. The number of rotatable bonds is 3. The highest BCUT2D eigenvalue weighted by atomic mass is 16.5. The molecule has 3 rings (SSSR count). The molecule has 96 valence electrons. The first kappa shape index (κ1) is 11.7. The number of fused-ring (bicyclic) bond motifs is 1. The topological polar surface area (TPSA) is 53.1 Å². The van der Waals surface area contributed by atoms with Gasteiger partial charge in [-0.1, -0.05) is 12.1 Å². The second kappa shape index (κ2) is 4.71. The minimum absolute atomic E-state index is 0.0567. The Labute approximate surface area is 107 Å². The molecule has 2 atom stereocenters. The summed E-state index contributed by atoms with van der Waals surface area (Å²) in [5, 5.41) is 0. The molecule has 0 spiro atoms. The molecule has 1 aliphatic heterocycles. The number of imidazole rings is 1. The van der Waals surface area contributed by atoms with Crippen LogP contribution in [0.2, 0.25) is 0 Å². The van der Waals surface area contributed by atoms with Crippen LogP contribution in [0.25, 0.3) is 11.0 Å². The minimum atomic E-state index is -0.0567. The van der Waals surface area contributed by atoms with Gasteiger partial charge in [0.15, 0.2) is 0 Å². The highest BCUT2D eigenvalue weighted by Crippen LogP contribution is 2.23. The molecule has 1 aromatic heterocycles. The van der Waals surface area contributed by atoms with Crippen LogP contribution >= 0.6 is 0 Å². The van der Waals surface area contributed by atoms with Crippen LogP contribution < -0.4 is 5.73 Å². The maximum absolute atomic E-state index is 6.03. The predicted molar refractivity (Wildman–Crippen MR) is 71.3 cm³/mol. The summed E-state index contributed by atoms with van der Waals surface area (Å²) in [6.07, 6.45) is 2.59. The van der Waals surface area contributed by atoms with E-state index < -0.39 is 0 Å². The van der Waals surface area contributed by atoms with Crippen LogP contribution in [0.3, 0.4) is 0 Å². The first-order valence-electron chi connectivity index (χ1n) is 6.58. The summed E-state index contributed by atoms with van der Waals surface area (Å²) in [5.41, 5.74) is 8.20. The summed E-state index contributed by atoms with van der Waals surface area (Å²) in [6, 6.07) is 8.13. The van der Waals surface area contributed by atoms with Crippen molar-refractivity contribution in [2.24, 2.45) is 5.73 Å². The van der Waals surface area contributed by atoms with E-state index in [1.807, 2.05) is 25.1 Å². The zero-order valence-electron chi connectivity index (χ0n) is 10.7. The Morgan fingerprint density at radius 3 is 3.06 bits per heavy atom. The third-order valence-electron chi connectivity index (χ3n) is 3.50. The monoisotopic (exact) mass is 245 g/mol. The van der Waals surface area contributed by atoms with E-state index in [-0.39, 0.29) is 6.04 Å². The van der Waals surface area contributed by atoms with E-state index in [9.17, 15) is 0 Å². The van der Waals surface area contributed by atoms with Crippen molar-refractivity contribution in [1.82, 2.24) is 9.55 Å². The number of nitrogens with zero attached hydrogens (tertiary/aromatic N) is 2. The van der Waals surface area contributed by atoms with Gasteiger partial charge < -0.3 is 15.0 Å². The van der Waals surface area contributed by atoms with E-state index in [0.717, 1.165) is 42.9 Å². The molecule has 0 amide bonds. The Hall–Kier alpha value is -1.39. The van der Waals surface area contributed by atoms with E-state index in [0.29, 0.717) is 6.10 Å². The Morgan fingerprint density at radius 1 is 1.50 bits per heavy atom. The van der Waals surface area contributed by atoms with Gasteiger partial charge in [0.25, 0.3) is 0 Å². The van der Waals surface area contributed by atoms with Gasteiger partial charge in [-0.05, 0) is 31.9 Å². The molecule has 18 heavy (non-hydrogen) atoms. The Bertz CT molecular complexity index is 541. The van der Waals surface area contributed by atoms with E-state index in [1.165, 1.54) is 0 Å². The van der Waals surface area contributed by atoms with Crippen molar-refractivity contribution in [2.45, 2.75) is 38.5 Å². The third-order valence-corrected chi connectivity index (χ3v) is 3.50. The molecular formula is C14H19N3O. The maximum atomic E-state index is 6.03. The molecule has 0 bridgehead atoms. The van der Waals surface area contributed by atoms with Gasteiger partial charge in [-0.3, -0.25) is 0 Å². The first-order valence-corrected chi connectivity index (χ1v) is 6.58. The van der Waals surface area contributed by atoms with E-state index in [2.05, 4.69) is 15.6 Å². The smallest absolute Gasteiger partial charge is 0.126 e. The molecule has 4 nitrogen and oxygen atoms in total. The molecular weight excluding hydrogens is 226 g/mol. The lowest BCUT2D eigenvalue weighted by Gasteiger charge is -2.15. The van der Waals surface area contributed by atoms with Crippen LogP contribution in [0, 0.1) is 0 Å². The zero-order chi connectivity index (χ0) is 12.5. The number of nitrogens with two attached hydrogens (primary N) is 1. The van der Waals surface area contributed by atoms with Crippen LogP contribution in [-0.2, 0) is 11.3 Å². The highest BCUT2D eigenvalue weighted by Gasteiger charge is 2.20. The zero-order valence-corrected chi connectivity index (χ0v) is 10.7. The molecule has 1 aliphatic rings. The van der Waals surface area contributed by atoms with Crippen LogP contribution in [0.5, 0.6) is 0 Å². The van der Waals surface area contributed by atoms with Gasteiger partial charge in [0.1, 0.15) is 5.82 Å². The van der Waals surface area contributed by atoms with Gasteiger partial charge in [-0.15, -0.1) is 0 Å². The van der Waals surface area contributed by atoms with Crippen molar-refractivity contribution >= 4 is 11.0 Å². The lowest BCUT2D eigenvalue weighted by molar-refractivity contribution is 0.0970. The molecule has 2 aromatic rings. The van der Waals surface area contributed by atoms with E-state index in [4.69, 9.17) is 10.5 Å². The van der Waals surface area contributed by atoms with Gasteiger partial charge >= 0.3 is 0 Å². The number of para-hydroxylation sites is 2. The van der Waals surface area contributed by atoms with Crippen molar-refractivity contribution < 1.29 is 4.74 Å². The van der Waals surface area contributed by atoms with Gasteiger partial charge in [0.2, 0.25) is 0 Å². The van der Waals surface area contributed by atoms with Crippen molar-refractivity contribution in [2.75, 3.05) is 6.61 Å². The number of aromatic nitrogens is 2. The lowest BCUT2D eigenvalue weighted by Crippen LogP contribution is -2.20. The fourth-order valence-electron chi connectivity index (χ4n) is 2.63. The van der Waals surface area contributed by atoms with Crippen molar-refractivity contribution in [1.29, 1.82) is 0 Å². The molecule has 0 saturated carbocycles. The second-order valence-corrected chi connectivity index (χ2v) is 4.99. The van der Waals surface area contributed by atoms with Crippen molar-refractivity contribution in [3.05, 3.63) is 30.1 Å². The summed E-state index contributed by atoms with van der Waals surface area (Å²) in [5.74, 6) is 0.951. The minimum Gasteiger partial charge on any atom is -0.376 e. The highest BCUT2D eigenvalue weighted by molar-refractivity contribution is 5.76. The fourth-order valence-corrected chi connectivity index (χ4v) is 2.63. The number of hydrogen-bond donors (Lipinski definition) is 1. The van der Waals surface area contributed by atoms with E-state index >= 15 is 0 Å². The number of benzene rings is 1. The van der Waals surface area contributed by atoms with Crippen LogP contribution in [-0.4, -0.2) is 22.3 Å². The van der Waals surface area contributed by atoms with Crippen molar-refractivity contribution in [3.8, 4) is 0 Å². The SMILES string of the molecule is CC(N)c1nc2ccccc2n1CC1CCCO1. The molecule has 1 aromatic carbocycles. The van der Waals surface area contributed by atoms with Crippen molar-refractivity contribution in [3.63, 3.8) is 0 Å². The summed E-state index contributed by atoms with van der Waals surface area (Å²) in [7, 11) is 0. The third kappa shape index (κ3) is 2.02. The van der Waals surface area contributed by atoms with Gasteiger partial charge in [0.05, 0.1) is 29.7 Å². The molecule has 1 saturated heterocycles. The summed E-state index contributed by atoms with van der Waals surface area (Å²) in [6.45, 7) is 3.72. The fraction of sp³-hybridized carbons (Fsp3) is 0.500. The quantitative estimate of drug-likeness (QED) is 0.902. The molecule has 2 unspecified atom stereocenters. The van der Waals surface area contributed by atoms with Gasteiger partial charge in [0, 0.05) is 6.61 Å². The first-order chi connectivity index (χ1) is 8.75. The Kier molecular flexibility index (Phi) is 3.06. The predicted octanol–water partition coefficient (Wildman–Crippen LogP) is 2.24. The Morgan fingerprint density at radius 2 is 2.33 bits per heavy atom. The molecule has 2 N–H and O–H groups in total. The average Bonchev–Trinajstić information content (AvgIpc) is 2.98. The Balaban J connectivity index is 2.03.